The molecule has 1 aliphatic rings. The van der Waals surface area contributed by atoms with Crippen molar-refractivity contribution in [3.8, 4) is 0 Å². The molecule has 24 heavy (non-hydrogen) atoms. The summed E-state index contributed by atoms with van der Waals surface area (Å²) in [6, 6.07) is 8.59. The summed E-state index contributed by atoms with van der Waals surface area (Å²) in [5.74, 6) is 0. The third-order valence-corrected chi connectivity index (χ3v) is 4.99. The lowest BCUT2D eigenvalue weighted by atomic mass is 10.1. The first-order chi connectivity index (χ1) is 11.3. The van der Waals surface area contributed by atoms with Crippen molar-refractivity contribution < 1.29 is 9.53 Å². The number of hydrogen-bond donors (Lipinski definition) is 0. The van der Waals surface area contributed by atoms with Crippen molar-refractivity contribution >= 4 is 22.0 Å². The molecule has 0 radical (unpaired) electrons. The second-order valence-corrected chi connectivity index (χ2v) is 8.37. The van der Waals surface area contributed by atoms with Gasteiger partial charge < -0.3 is 9.64 Å². The summed E-state index contributed by atoms with van der Waals surface area (Å²) < 4.78 is 6.69. The maximum Gasteiger partial charge on any atom is 0.410 e. The molecule has 0 aliphatic carbocycles. The van der Waals surface area contributed by atoms with Crippen LogP contribution in [0.15, 0.2) is 28.7 Å². The maximum atomic E-state index is 12.2. The first-order valence-corrected chi connectivity index (χ1v) is 9.51. The summed E-state index contributed by atoms with van der Waals surface area (Å²) in [7, 11) is 0. The molecule has 1 amide bonds. The second kappa shape index (κ2) is 8.34. The van der Waals surface area contributed by atoms with Gasteiger partial charge in [-0.15, -0.1) is 0 Å². The molecule has 1 fully saturated rings. The third kappa shape index (κ3) is 5.78. The highest BCUT2D eigenvalue weighted by molar-refractivity contribution is 9.10. The zero-order chi connectivity index (χ0) is 17.7. The monoisotopic (exact) mass is 396 g/mol. The lowest BCUT2D eigenvalue weighted by molar-refractivity contribution is 0.00142. The summed E-state index contributed by atoms with van der Waals surface area (Å²) in [6.07, 6.45) is 2.01. The van der Waals surface area contributed by atoms with Crippen LogP contribution in [0, 0.1) is 0 Å². The number of rotatable bonds is 4. The molecule has 0 saturated carbocycles. The number of carbonyl (C=O) groups is 1. The Balaban J connectivity index is 1.77. The van der Waals surface area contributed by atoms with E-state index in [2.05, 4.69) is 46.0 Å². The minimum absolute atomic E-state index is 0.192. The van der Waals surface area contributed by atoms with Gasteiger partial charge in [-0.05, 0) is 58.7 Å². The molecule has 1 saturated heterocycles. The molecule has 134 valence electrons. The zero-order valence-corrected chi connectivity index (χ0v) is 16.8. The molecular weight excluding hydrogens is 368 g/mol. The van der Waals surface area contributed by atoms with E-state index in [0.29, 0.717) is 0 Å². The van der Waals surface area contributed by atoms with Crippen LogP contribution < -0.4 is 0 Å². The number of benzene rings is 1. The summed E-state index contributed by atoms with van der Waals surface area (Å²) >= 11 is 3.61. The number of piperazine rings is 1. The van der Waals surface area contributed by atoms with Crippen molar-refractivity contribution in [3.63, 3.8) is 0 Å². The zero-order valence-electron chi connectivity index (χ0n) is 15.2. The Morgan fingerprint density at radius 2 is 2.00 bits per heavy atom. The topological polar surface area (TPSA) is 32.8 Å². The van der Waals surface area contributed by atoms with Crippen LogP contribution in [0.4, 0.5) is 4.79 Å². The van der Waals surface area contributed by atoms with Crippen LogP contribution in [-0.4, -0.2) is 53.7 Å². The normalized spacial score (nSPS) is 19.4. The lowest BCUT2D eigenvalue weighted by Gasteiger charge is -2.40. The minimum Gasteiger partial charge on any atom is -0.444 e. The Morgan fingerprint density at radius 3 is 2.62 bits per heavy atom. The molecular formula is C19H29BrN2O2. The molecule has 2 rings (SSSR count). The van der Waals surface area contributed by atoms with Crippen LogP contribution in [0.3, 0.4) is 0 Å². The van der Waals surface area contributed by atoms with Crippen molar-refractivity contribution in [1.82, 2.24) is 9.80 Å². The fourth-order valence-electron chi connectivity index (χ4n) is 3.02. The van der Waals surface area contributed by atoms with Gasteiger partial charge in [0.2, 0.25) is 0 Å². The van der Waals surface area contributed by atoms with Crippen molar-refractivity contribution in [2.45, 2.75) is 52.2 Å². The predicted molar refractivity (Wildman–Crippen MR) is 101 cm³/mol. The van der Waals surface area contributed by atoms with Crippen molar-refractivity contribution in [2.24, 2.45) is 0 Å². The van der Waals surface area contributed by atoms with E-state index in [1.807, 2.05) is 31.7 Å². The largest absolute Gasteiger partial charge is 0.444 e. The molecule has 1 aromatic carbocycles. The van der Waals surface area contributed by atoms with Gasteiger partial charge in [-0.1, -0.05) is 34.1 Å². The van der Waals surface area contributed by atoms with E-state index in [4.69, 9.17) is 4.74 Å². The standard InChI is InChI=1S/C19H29BrN2O2/c1-15-14-21(11-7-9-16-8-5-6-10-17(16)20)12-13-22(15)18(23)24-19(2,3)4/h5-6,8,10,15H,7,9,11-14H2,1-4H3. The Bertz CT molecular complexity index is 557. The highest BCUT2D eigenvalue weighted by Gasteiger charge is 2.30. The summed E-state index contributed by atoms with van der Waals surface area (Å²) in [6.45, 7) is 11.5. The molecule has 5 heteroatoms. The van der Waals surface area contributed by atoms with Crippen LogP contribution in [0.2, 0.25) is 0 Å². The van der Waals surface area contributed by atoms with Crippen LogP contribution in [0.5, 0.6) is 0 Å². The van der Waals surface area contributed by atoms with E-state index in [0.717, 1.165) is 39.0 Å². The first kappa shape index (κ1) is 19.3. The Labute approximate surface area is 154 Å². The average molecular weight is 397 g/mol. The highest BCUT2D eigenvalue weighted by Crippen LogP contribution is 2.19. The van der Waals surface area contributed by atoms with Gasteiger partial charge in [0.25, 0.3) is 0 Å². The Kier molecular flexibility index (Phi) is 6.70. The molecule has 0 bridgehead atoms. The van der Waals surface area contributed by atoms with Crippen LogP contribution in [-0.2, 0) is 11.2 Å². The molecule has 0 aromatic heterocycles. The minimum atomic E-state index is -0.434. The number of halogens is 1. The summed E-state index contributed by atoms with van der Waals surface area (Å²) in [5, 5.41) is 0. The molecule has 0 N–H and O–H groups in total. The SMILES string of the molecule is CC1CN(CCCc2ccccc2Br)CCN1C(=O)OC(C)(C)C. The van der Waals surface area contributed by atoms with Gasteiger partial charge in [-0.25, -0.2) is 4.79 Å². The third-order valence-electron chi connectivity index (χ3n) is 4.22. The van der Waals surface area contributed by atoms with E-state index in [9.17, 15) is 4.79 Å². The van der Waals surface area contributed by atoms with Crippen molar-refractivity contribution in [1.29, 1.82) is 0 Å². The average Bonchev–Trinajstić information content (AvgIpc) is 2.47. The highest BCUT2D eigenvalue weighted by atomic mass is 79.9. The number of carbonyl (C=O) groups excluding carboxylic acids is 1. The number of ether oxygens (including phenoxy) is 1. The fraction of sp³-hybridized carbons (Fsp3) is 0.632. The number of amides is 1. The van der Waals surface area contributed by atoms with Crippen LogP contribution in [0.25, 0.3) is 0 Å². The Hall–Kier alpha value is -1.07. The number of nitrogens with zero attached hydrogens (tertiary/aromatic N) is 2. The fourth-order valence-corrected chi connectivity index (χ4v) is 3.51. The maximum absolute atomic E-state index is 12.2. The van der Waals surface area contributed by atoms with Gasteiger partial charge in [0.1, 0.15) is 5.60 Å². The Morgan fingerprint density at radius 1 is 1.29 bits per heavy atom. The smallest absolute Gasteiger partial charge is 0.410 e. The molecule has 4 nitrogen and oxygen atoms in total. The summed E-state index contributed by atoms with van der Waals surface area (Å²) in [5.41, 5.74) is 0.926. The predicted octanol–water partition coefficient (Wildman–Crippen LogP) is 4.32. The van der Waals surface area contributed by atoms with Gasteiger partial charge in [0, 0.05) is 30.1 Å². The van der Waals surface area contributed by atoms with Gasteiger partial charge in [0.15, 0.2) is 0 Å². The van der Waals surface area contributed by atoms with Crippen LogP contribution >= 0.6 is 15.9 Å². The number of aryl methyl sites for hydroxylation is 1. The molecule has 1 aromatic rings. The molecule has 1 aliphatic heterocycles. The molecule has 0 spiro atoms. The van der Waals surface area contributed by atoms with E-state index in [1.54, 1.807) is 0 Å². The van der Waals surface area contributed by atoms with Crippen LogP contribution in [0.1, 0.15) is 39.7 Å². The van der Waals surface area contributed by atoms with Gasteiger partial charge in [-0.3, -0.25) is 4.90 Å². The second-order valence-electron chi connectivity index (χ2n) is 7.52. The van der Waals surface area contributed by atoms with Gasteiger partial charge in [-0.2, -0.15) is 0 Å². The molecule has 1 unspecified atom stereocenters. The lowest BCUT2D eigenvalue weighted by Crippen LogP contribution is -2.55. The van der Waals surface area contributed by atoms with E-state index < -0.39 is 5.60 Å². The van der Waals surface area contributed by atoms with Gasteiger partial charge in [0.05, 0.1) is 0 Å². The molecule has 1 heterocycles. The molecule has 1 atom stereocenters. The number of hydrogen-bond acceptors (Lipinski definition) is 3. The van der Waals surface area contributed by atoms with E-state index in [-0.39, 0.29) is 12.1 Å². The first-order valence-electron chi connectivity index (χ1n) is 8.71. The van der Waals surface area contributed by atoms with Gasteiger partial charge >= 0.3 is 6.09 Å². The summed E-state index contributed by atoms with van der Waals surface area (Å²) in [4.78, 5) is 16.6. The van der Waals surface area contributed by atoms with Crippen molar-refractivity contribution in [2.75, 3.05) is 26.2 Å². The quantitative estimate of drug-likeness (QED) is 0.759. The van der Waals surface area contributed by atoms with E-state index in [1.165, 1.54) is 10.0 Å². The van der Waals surface area contributed by atoms with Crippen molar-refractivity contribution in [3.05, 3.63) is 34.3 Å². The van der Waals surface area contributed by atoms with E-state index >= 15 is 0 Å².